The minimum absolute atomic E-state index is 0.410. The molecule has 1 aromatic rings. The molecule has 2 amide bonds. The van der Waals surface area contributed by atoms with Crippen LogP contribution in [0.4, 0.5) is 9.59 Å². The molecule has 0 radical (unpaired) electrons. The summed E-state index contributed by atoms with van der Waals surface area (Å²) in [5.74, 6) is 0. The number of halogens is 1. The normalized spacial score (nSPS) is 21.2. The molecule has 0 aliphatic heterocycles. The molecule has 1 aliphatic carbocycles. The standard InChI is InChI=1S/C11H11ClN2O4/c12-6-3-1-2-5-4-7(13-10(15)16)9(8(5)6)14-11(17)18/h1-3,7,9,13-14H,4H2,(H,15,16)(H,17,18)/t7-,9-/m1/s1. The summed E-state index contributed by atoms with van der Waals surface area (Å²) in [4.78, 5) is 21.5. The van der Waals surface area contributed by atoms with Gasteiger partial charge in [-0.1, -0.05) is 23.7 Å². The Labute approximate surface area is 108 Å². The van der Waals surface area contributed by atoms with E-state index in [1.807, 2.05) is 0 Å². The first-order valence-corrected chi connectivity index (χ1v) is 5.63. The van der Waals surface area contributed by atoms with Crippen LogP contribution < -0.4 is 10.6 Å². The molecule has 0 heterocycles. The van der Waals surface area contributed by atoms with Gasteiger partial charge in [0.25, 0.3) is 0 Å². The fourth-order valence-electron chi connectivity index (χ4n) is 2.26. The van der Waals surface area contributed by atoms with Gasteiger partial charge >= 0.3 is 12.2 Å². The highest BCUT2D eigenvalue weighted by molar-refractivity contribution is 6.31. The summed E-state index contributed by atoms with van der Waals surface area (Å²) in [6, 6.07) is 4.00. The second kappa shape index (κ2) is 4.73. The summed E-state index contributed by atoms with van der Waals surface area (Å²) in [5, 5.41) is 22.6. The van der Waals surface area contributed by atoms with E-state index in [9.17, 15) is 9.59 Å². The maximum atomic E-state index is 10.8. The van der Waals surface area contributed by atoms with Crippen LogP contribution in [-0.4, -0.2) is 28.4 Å². The van der Waals surface area contributed by atoms with Crippen LogP contribution in [0.25, 0.3) is 0 Å². The Morgan fingerprint density at radius 3 is 2.50 bits per heavy atom. The van der Waals surface area contributed by atoms with Gasteiger partial charge in [0.15, 0.2) is 0 Å². The maximum Gasteiger partial charge on any atom is 0.405 e. The Morgan fingerprint density at radius 2 is 1.89 bits per heavy atom. The Bertz CT molecular complexity index is 506. The van der Waals surface area contributed by atoms with Crippen molar-refractivity contribution in [3.05, 3.63) is 34.3 Å². The number of carbonyl (C=O) groups is 2. The zero-order chi connectivity index (χ0) is 13.3. The minimum atomic E-state index is -1.22. The van der Waals surface area contributed by atoms with Crippen LogP contribution >= 0.6 is 11.6 Å². The second-order valence-electron chi connectivity index (χ2n) is 4.00. The first-order valence-electron chi connectivity index (χ1n) is 5.25. The third kappa shape index (κ3) is 2.33. The molecule has 1 aromatic carbocycles. The van der Waals surface area contributed by atoms with Crippen LogP contribution in [0.2, 0.25) is 5.02 Å². The van der Waals surface area contributed by atoms with Crippen molar-refractivity contribution in [2.75, 3.05) is 0 Å². The van der Waals surface area contributed by atoms with E-state index in [1.165, 1.54) is 0 Å². The van der Waals surface area contributed by atoms with Crippen LogP contribution in [0, 0.1) is 0 Å². The number of rotatable bonds is 2. The molecule has 1 aliphatic rings. The van der Waals surface area contributed by atoms with Crippen molar-refractivity contribution in [1.29, 1.82) is 0 Å². The first-order chi connectivity index (χ1) is 8.49. The predicted molar refractivity (Wildman–Crippen MR) is 64.0 cm³/mol. The molecule has 0 spiro atoms. The summed E-state index contributed by atoms with van der Waals surface area (Å²) >= 11 is 6.04. The fraction of sp³-hybridized carbons (Fsp3) is 0.273. The smallest absolute Gasteiger partial charge is 0.405 e. The Balaban J connectivity index is 2.35. The van der Waals surface area contributed by atoms with Crippen LogP contribution in [0.1, 0.15) is 17.2 Å². The lowest BCUT2D eigenvalue weighted by Crippen LogP contribution is -2.43. The van der Waals surface area contributed by atoms with Gasteiger partial charge in [0.2, 0.25) is 0 Å². The molecule has 0 unspecified atom stereocenters. The summed E-state index contributed by atoms with van der Waals surface area (Å²) in [6.45, 7) is 0. The van der Waals surface area contributed by atoms with Crippen molar-refractivity contribution >= 4 is 23.8 Å². The van der Waals surface area contributed by atoms with Crippen LogP contribution in [-0.2, 0) is 6.42 Å². The monoisotopic (exact) mass is 270 g/mol. The molecule has 2 rings (SSSR count). The van der Waals surface area contributed by atoms with Gasteiger partial charge in [0, 0.05) is 5.02 Å². The lowest BCUT2D eigenvalue weighted by molar-refractivity contribution is 0.177. The highest BCUT2D eigenvalue weighted by Gasteiger charge is 2.36. The quantitative estimate of drug-likeness (QED) is 0.659. The zero-order valence-corrected chi connectivity index (χ0v) is 9.94. The average molecular weight is 271 g/mol. The first kappa shape index (κ1) is 12.5. The largest absolute Gasteiger partial charge is 0.465 e. The molecule has 7 heteroatoms. The third-order valence-electron chi connectivity index (χ3n) is 2.88. The molecule has 0 bridgehead atoms. The maximum absolute atomic E-state index is 10.8. The van der Waals surface area contributed by atoms with Gasteiger partial charge in [0.1, 0.15) is 0 Å². The number of nitrogens with one attached hydrogen (secondary N) is 2. The van der Waals surface area contributed by atoms with E-state index in [2.05, 4.69) is 10.6 Å². The van der Waals surface area contributed by atoms with Gasteiger partial charge in [-0.25, -0.2) is 9.59 Å². The molecule has 96 valence electrons. The highest BCUT2D eigenvalue weighted by atomic mass is 35.5. The van der Waals surface area contributed by atoms with Crippen LogP contribution in [0.5, 0.6) is 0 Å². The lowest BCUT2D eigenvalue weighted by Gasteiger charge is -2.20. The highest BCUT2D eigenvalue weighted by Crippen LogP contribution is 2.36. The summed E-state index contributed by atoms with van der Waals surface area (Å²) in [6.07, 6.45) is -2.00. The molecule has 2 atom stereocenters. The minimum Gasteiger partial charge on any atom is -0.465 e. The van der Waals surface area contributed by atoms with Crippen molar-refractivity contribution < 1.29 is 19.8 Å². The fourth-order valence-corrected chi connectivity index (χ4v) is 2.57. The van der Waals surface area contributed by atoms with E-state index < -0.39 is 24.3 Å². The van der Waals surface area contributed by atoms with Crippen LogP contribution in [0.3, 0.4) is 0 Å². The van der Waals surface area contributed by atoms with E-state index in [1.54, 1.807) is 18.2 Å². The van der Waals surface area contributed by atoms with E-state index >= 15 is 0 Å². The van der Waals surface area contributed by atoms with Crippen molar-refractivity contribution in [3.8, 4) is 0 Å². The van der Waals surface area contributed by atoms with Gasteiger partial charge in [-0.3, -0.25) is 0 Å². The molecular weight excluding hydrogens is 260 g/mol. The van der Waals surface area contributed by atoms with E-state index in [-0.39, 0.29) is 0 Å². The van der Waals surface area contributed by atoms with E-state index in [0.717, 1.165) is 5.56 Å². The molecular formula is C11H11ClN2O4. The molecule has 4 N–H and O–H groups in total. The number of carboxylic acid groups (broad SMARTS) is 2. The van der Waals surface area contributed by atoms with E-state index in [4.69, 9.17) is 21.8 Å². The number of hydrogen-bond donors (Lipinski definition) is 4. The van der Waals surface area contributed by atoms with Gasteiger partial charge in [-0.05, 0) is 23.6 Å². The Hall–Kier alpha value is -1.95. The lowest BCUT2D eigenvalue weighted by atomic mass is 10.1. The molecule has 0 aromatic heterocycles. The SMILES string of the molecule is O=C(O)N[C@@H]1Cc2cccc(Cl)c2[C@@H]1NC(=O)O. The number of hydrogen-bond acceptors (Lipinski definition) is 2. The number of benzene rings is 1. The zero-order valence-electron chi connectivity index (χ0n) is 9.18. The van der Waals surface area contributed by atoms with Crippen molar-refractivity contribution in [1.82, 2.24) is 10.6 Å². The van der Waals surface area contributed by atoms with Crippen molar-refractivity contribution in [2.45, 2.75) is 18.5 Å². The topological polar surface area (TPSA) is 98.7 Å². The Kier molecular flexibility index (Phi) is 3.29. The average Bonchev–Trinajstić information content (AvgIpc) is 2.56. The van der Waals surface area contributed by atoms with E-state index in [0.29, 0.717) is 17.0 Å². The van der Waals surface area contributed by atoms with Gasteiger partial charge in [-0.15, -0.1) is 0 Å². The van der Waals surface area contributed by atoms with Crippen molar-refractivity contribution in [2.24, 2.45) is 0 Å². The third-order valence-corrected chi connectivity index (χ3v) is 3.21. The van der Waals surface area contributed by atoms with Crippen molar-refractivity contribution in [3.63, 3.8) is 0 Å². The van der Waals surface area contributed by atoms with Gasteiger partial charge in [-0.2, -0.15) is 0 Å². The van der Waals surface area contributed by atoms with Crippen LogP contribution in [0.15, 0.2) is 18.2 Å². The predicted octanol–water partition coefficient (Wildman–Crippen LogP) is 1.84. The number of amides is 2. The molecule has 0 fully saturated rings. The molecule has 0 saturated carbocycles. The molecule has 6 nitrogen and oxygen atoms in total. The summed E-state index contributed by atoms with van der Waals surface area (Å²) < 4.78 is 0. The van der Waals surface area contributed by atoms with Gasteiger partial charge in [0.05, 0.1) is 12.1 Å². The summed E-state index contributed by atoms with van der Waals surface area (Å²) in [7, 11) is 0. The Morgan fingerprint density at radius 1 is 1.22 bits per heavy atom. The number of fused-ring (bicyclic) bond motifs is 1. The second-order valence-corrected chi connectivity index (χ2v) is 4.41. The van der Waals surface area contributed by atoms with Gasteiger partial charge < -0.3 is 20.8 Å². The summed E-state index contributed by atoms with van der Waals surface area (Å²) in [5.41, 5.74) is 1.49. The molecule has 0 saturated heterocycles. The molecule has 18 heavy (non-hydrogen) atoms.